The number of ether oxygens (including phenoxy) is 3. The summed E-state index contributed by atoms with van der Waals surface area (Å²) in [4.78, 5) is 31.8. The number of aliphatic imine (C=N–C) groups is 1. The van der Waals surface area contributed by atoms with Crippen LogP contribution in [-0.2, 0) is 9.53 Å². The number of esters is 1. The topological polar surface area (TPSA) is 77.4 Å². The van der Waals surface area contributed by atoms with Crippen molar-refractivity contribution in [3.8, 4) is 11.5 Å². The van der Waals surface area contributed by atoms with Crippen molar-refractivity contribution in [3.05, 3.63) is 58.5 Å². The average Bonchev–Trinajstić information content (AvgIpc) is 3.08. The summed E-state index contributed by atoms with van der Waals surface area (Å²) in [6, 6.07) is 12.4. The molecule has 0 unspecified atom stereocenters. The summed E-state index contributed by atoms with van der Waals surface area (Å²) in [6.07, 6.45) is 1.81. The van der Waals surface area contributed by atoms with Gasteiger partial charge in [-0.1, -0.05) is 12.1 Å². The summed E-state index contributed by atoms with van der Waals surface area (Å²) in [5.74, 6) is 0.740. The first kappa shape index (κ1) is 23.4. The van der Waals surface area contributed by atoms with Crippen LogP contribution in [-0.4, -0.2) is 48.8 Å². The van der Waals surface area contributed by atoms with Crippen LogP contribution >= 0.6 is 11.8 Å². The Hall–Kier alpha value is -3.26. The number of methoxy groups -OCH3 is 1. The summed E-state index contributed by atoms with van der Waals surface area (Å²) in [6.45, 7) is 6.85. The second-order valence-corrected chi connectivity index (χ2v) is 7.68. The molecule has 0 spiro atoms. The highest BCUT2D eigenvalue weighted by molar-refractivity contribution is 8.18. The predicted octanol–water partition coefficient (Wildman–Crippen LogP) is 4.89. The molecular weight excluding hydrogens is 428 g/mol. The van der Waals surface area contributed by atoms with Crippen LogP contribution < -0.4 is 9.47 Å². The number of thioether (sulfide) groups is 1. The van der Waals surface area contributed by atoms with E-state index in [2.05, 4.69) is 4.99 Å². The van der Waals surface area contributed by atoms with Gasteiger partial charge in [0.05, 0.1) is 36.5 Å². The Bertz CT molecular complexity index is 1060. The van der Waals surface area contributed by atoms with Gasteiger partial charge in [-0.3, -0.25) is 9.69 Å². The van der Waals surface area contributed by atoms with Crippen LogP contribution in [0.4, 0.5) is 5.69 Å². The van der Waals surface area contributed by atoms with Crippen molar-refractivity contribution in [2.75, 3.05) is 26.9 Å². The lowest BCUT2D eigenvalue weighted by Gasteiger charge is -2.12. The maximum Gasteiger partial charge on any atom is 0.338 e. The number of amides is 1. The first-order chi connectivity index (χ1) is 15.5. The first-order valence-electron chi connectivity index (χ1n) is 10.4. The van der Waals surface area contributed by atoms with Gasteiger partial charge in [-0.25, -0.2) is 9.79 Å². The molecule has 168 valence electrons. The smallest absolute Gasteiger partial charge is 0.338 e. The number of amidine groups is 1. The lowest BCUT2D eigenvalue weighted by molar-refractivity contribution is -0.122. The third-order valence-corrected chi connectivity index (χ3v) is 5.58. The molecule has 0 bridgehead atoms. The maximum atomic E-state index is 13.0. The van der Waals surface area contributed by atoms with Gasteiger partial charge in [0.15, 0.2) is 16.7 Å². The minimum atomic E-state index is -0.401. The summed E-state index contributed by atoms with van der Waals surface area (Å²) >= 11 is 1.29. The van der Waals surface area contributed by atoms with Crippen LogP contribution in [0, 0.1) is 0 Å². The number of carbonyl (C=O) groups excluding carboxylic acids is 2. The van der Waals surface area contributed by atoms with Crippen molar-refractivity contribution in [1.82, 2.24) is 4.90 Å². The minimum absolute atomic E-state index is 0.119. The zero-order valence-electron chi connectivity index (χ0n) is 18.6. The highest BCUT2D eigenvalue weighted by Gasteiger charge is 2.32. The predicted molar refractivity (Wildman–Crippen MR) is 127 cm³/mol. The molecule has 0 radical (unpaired) electrons. The highest BCUT2D eigenvalue weighted by Crippen LogP contribution is 2.35. The summed E-state index contributed by atoms with van der Waals surface area (Å²) < 4.78 is 16.0. The lowest BCUT2D eigenvalue weighted by atomic mass is 10.2. The molecule has 32 heavy (non-hydrogen) atoms. The van der Waals surface area contributed by atoms with Crippen LogP contribution in [0.25, 0.3) is 6.08 Å². The molecule has 8 heteroatoms. The van der Waals surface area contributed by atoms with E-state index in [1.54, 1.807) is 43.2 Å². The summed E-state index contributed by atoms with van der Waals surface area (Å²) in [5, 5.41) is 0.559. The molecule has 0 saturated carbocycles. The molecule has 2 aromatic rings. The van der Waals surface area contributed by atoms with Gasteiger partial charge in [-0.2, -0.15) is 0 Å². The van der Waals surface area contributed by atoms with Gasteiger partial charge in [-0.15, -0.1) is 0 Å². The number of nitrogens with zero attached hydrogens (tertiary/aromatic N) is 2. The third kappa shape index (κ3) is 5.31. The van der Waals surface area contributed by atoms with E-state index >= 15 is 0 Å². The standard InChI is InChI=1S/C24H26N2O5S/c1-5-26-22(27)21(14-16-11-12-19(29-4)20(13-16)30-6-2)32-24(26)25-18-10-8-9-17(15-18)23(28)31-7-3/h8-15H,5-7H2,1-4H3. The van der Waals surface area contributed by atoms with E-state index in [9.17, 15) is 9.59 Å². The second-order valence-electron chi connectivity index (χ2n) is 6.67. The quantitative estimate of drug-likeness (QED) is 0.417. The van der Waals surface area contributed by atoms with Crippen molar-refractivity contribution < 1.29 is 23.8 Å². The third-order valence-electron chi connectivity index (χ3n) is 4.57. The maximum absolute atomic E-state index is 13.0. The Morgan fingerprint density at radius 1 is 1.09 bits per heavy atom. The Morgan fingerprint density at radius 3 is 2.59 bits per heavy atom. The fraction of sp³-hybridized carbons (Fsp3) is 0.292. The van der Waals surface area contributed by atoms with E-state index in [4.69, 9.17) is 14.2 Å². The molecule has 1 saturated heterocycles. The Morgan fingerprint density at radius 2 is 1.91 bits per heavy atom. The number of rotatable bonds is 8. The second kappa shape index (κ2) is 10.9. The fourth-order valence-corrected chi connectivity index (χ4v) is 4.16. The van der Waals surface area contributed by atoms with Crippen LogP contribution in [0.5, 0.6) is 11.5 Å². The number of hydrogen-bond donors (Lipinski definition) is 0. The van der Waals surface area contributed by atoms with E-state index in [1.807, 2.05) is 38.1 Å². The van der Waals surface area contributed by atoms with Crippen molar-refractivity contribution in [3.63, 3.8) is 0 Å². The van der Waals surface area contributed by atoms with Gasteiger partial charge < -0.3 is 14.2 Å². The molecule has 1 heterocycles. The van der Waals surface area contributed by atoms with Crippen molar-refractivity contribution in [1.29, 1.82) is 0 Å². The zero-order chi connectivity index (χ0) is 23.1. The molecule has 1 aliphatic rings. The molecule has 1 fully saturated rings. The van der Waals surface area contributed by atoms with E-state index in [0.29, 0.717) is 52.6 Å². The molecule has 1 aliphatic heterocycles. The van der Waals surface area contributed by atoms with Crippen LogP contribution in [0.3, 0.4) is 0 Å². The minimum Gasteiger partial charge on any atom is -0.493 e. The molecule has 1 amide bonds. The van der Waals surface area contributed by atoms with E-state index in [0.717, 1.165) is 5.56 Å². The van der Waals surface area contributed by atoms with Gasteiger partial charge in [0.2, 0.25) is 0 Å². The zero-order valence-corrected chi connectivity index (χ0v) is 19.4. The van der Waals surface area contributed by atoms with Gasteiger partial charge in [0, 0.05) is 6.54 Å². The van der Waals surface area contributed by atoms with Crippen LogP contribution in [0.1, 0.15) is 36.7 Å². The van der Waals surface area contributed by atoms with Gasteiger partial charge in [0.25, 0.3) is 5.91 Å². The molecule has 7 nitrogen and oxygen atoms in total. The first-order valence-corrected chi connectivity index (χ1v) is 11.2. The van der Waals surface area contributed by atoms with Gasteiger partial charge in [0.1, 0.15) is 0 Å². The van der Waals surface area contributed by atoms with Gasteiger partial charge >= 0.3 is 5.97 Å². The number of likely N-dealkylation sites (N-methyl/N-ethyl adjacent to an activating group) is 1. The van der Waals surface area contributed by atoms with Gasteiger partial charge in [-0.05, 0) is 74.5 Å². The lowest BCUT2D eigenvalue weighted by Crippen LogP contribution is -2.28. The van der Waals surface area contributed by atoms with E-state index in [-0.39, 0.29) is 5.91 Å². The van der Waals surface area contributed by atoms with Crippen molar-refractivity contribution in [2.45, 2.75) is 20.8 Å². The molecular formula is C24H26N2O5S. The average molecular weight is 455 g/mol. The highest BCUT2D eigenvalue weighted by atomic mass is 32.2. The normalized spacial score (nSPS) is 16.0. The number of carbonyl (C=O) groups is 2. The Kier molecular flexibility index (Phi) is 7.94. The molecule has 0 atom stereocenters. The largest absolute Gasteiger partial charge is 0.493 e. The molecule has 0 N–H and O–H groups in total. The monoisotopic (exact) mass is 454 g/mol. The Balaban J connectivity index is 1.90. The van der Waals surface area contributed by atoms with E-state index in [1.165, 1.54) is 11.8 Å². The number of benzene rings is 2. The molecule has 3 rings (SSSR count). The molecule has 0 aromatic heterocycles. The van der Waals surface area contributed by atoms with Crippen molar-refractivity contribution >= 4 is 40.6 Å². The molecule has 2 aromatic carbocycles. The summed E-state index contributed by atoms with van der Waals surface area (Å²) in [7, 11) is 1.59. The summed E-state index contributed by atoms with van der Waals surface area (Å²) in [5.41, 5.74) is 1.82. The number of hydrogen-bond acceptors (Lipinski definition) is 7. The SMILES string of the molecule is CCOC(=O)c1cccc(N=C2SC(=Cc3ccc(OC)c(OCC)c3)C(=O)N2CC)c1. The molecule has 0 aliphatic carbocycles. The van der Waals surface area contributed by atoms with Crippen molar-refractivity contribution in [2.24, 2.45) is 4.99 Å². The van der Waals surface area contributed by atoms with Crippen LogP contribution in [0.15, 0.2) is 52.4 Å². The Labute approximate surface area is 192 Å². The van der Waals surface area contributed by atoms with Crippen LogP contribution in [0.2, 0.25) is 0 Å². The van der Waals surface area contributed by atoms with E-state index < -0.39 is 5.97 Å². The fourth-order valence-electron chi connectivity index (χ4n) is 3.10.